The van der Waals surface area contributed by atoms with E-state index in [1.54, 1.807) is 23.1 Å². The summed E-state index contributed by atoms with van der Waals surface area (Å²) < 4.78 is 39.6. The third kappa shape index (κ3) is 3.38. The number of benzene rings is 1. The smallest absolute Gasteiger partial charge is 0.342 e. The number of halogens is 3. The predicted octanol–water partition coefficient (Wildman–Crippen LogP) is 3.25. The van der Waals surface area contributed by atoms with Crippen molar-refractivity contribution in [3.8, 4) is 0 Å². The molecule has 1 aromatic carbocycles. The Labute approximate surface area is 131 Å². The largest absolute Gasteiger partial charge is 0.454 e. The van der Waals surface area contributed by atoms with Crippen LogP contribution in [0.5, 0.6) is 0 Å². The van der Waals surface area contributed by atoms with E-state index in [9.17, 15) is 22.8 Å². The molecule has 0 aliphatic carbocycles. The van der Waals surface area contributed by atoms with Crippen LogP contribution in [0.15, 0.2) is 30.5 Å². The van der Waals surface area contributed by atoms with Crippen molar-refractivity contribution in [2.75, 3.05) is 13.1 Å². The molecular formula is C16H17F3N2O2. The Bertz CT molecular complexity index is 730. The average Bonchev–Trinajstić information content (AvgIpc) is 2.85. The van der Waals surface area contributed by atoms with Crippen molar-refractivity contribution in [1.29, 1.82) is 0 Å². The van der Waals surface area contributed by atoms with E-state index in [0.717, 1.165) is 6.20 Å². The highest BCUT2D eigenvalue weighted by molar-refractivity contribution is 6.10. The fourth-order valence-electron chi connectivity index (χ4n) is 2.53. The first-order valence-electron chi connectivity index (χ1n) is 7.26. The molecule has 1 amide bonds. The van der Waals surface area contributed by atoms with Crippen LogP contribution in [0.1, 0.15) is 24.2 Å². The molecule has 2 aromatic rings. The number of alkyl halides is 3. The van der Waals surface area contributed by atoms with Gasteiger partial charge < -0.3 is 9.47 Å². The van der Waals surface area contributed by atoms with Gasteiger partial charge in [0, 0.05) is 30.2 Å². The van der Waals surface area contributed by atoms with E-state index in [0.29, 0.717) is 18.6 Å². The van der Waals surface area contributed by atoms with Gasteiger partial charge in [0.15, 0.2) is 0 Å². The summed E-state index contributed by atoms with van der Waals surface area (Å²) in [6, 6.07) is 6.26. The van der Waals surface area contributed by atoms with E-state index >= 15 is 0 Å². The van der Waals surface area contributed by atoms with Gasteiger partial charge in [-0.05, 0) is 19.9 Å². The second-order valence-electron chi connectivity index (χ2n) is 5.08. The van der Waals surface area contributed by atoms with E-state index in [2.05, 4.69) is 0 Å². The van der Waals surface area contributed by atoms with E-state index in [1.165, 1.54) is 10.6 Å². The number of hydrogen-bond donors (Lipinski definition) is 0. The topological polar surface area (TPSA) is 42.3 Å². The van der Waals surface area contributed by atoms with Crippen LogP contribution in [-0.2, 0) is 11.3 Å². The molecule has 0 saturated heterocycles. The molecule has 0 radical (unpaired) electrons. The zero-order chi connectivity index (χ0) is 17.2. The van der Waals surface area contributed by atoms with Crippen LogP contribution in [0.4, 0.5) is 13.2 Å². The number of aromatic nitrogens is 1. The van der Waals surface area contributed by atoms with Gasteiger partial charge in [0.25, 0.3) is 5.78 Å². The van der Waals surface area contributed by atoms with Crippen molar-refractivity contribution >= 4 is 22.6 Å². The molecule has 0 unspecified atom stereocenters. The quantitative estimate of drug-likeness (QED) is 0.792. The first-order valence-corrected chi connectivity index (χ1v) is 7.26. The van der Waals surface area contributed by atoms with Crippen LogP contribution < -0.4 is 0 Å². The molecular weight excluding hydrogens is 309 g/mol. The van der Waals surface area contributed by atoms with Crippen molar-refractivity contribution in [3.05, 3.63) is 36.0 Å². The third-order valence-electron chi connectivity index (χ3n) is 3.71. The van der Waals surface area contributed by atoms with Crippen LogP contribution in [0.25, 0.3) is 10.9 Å². The number of carbonyl (C=O) groups excluding carboxylic acids is 2. The van der Waals surface area contributed by atoms with Gasteiger partial charge in [-0.15, -0.1) is 0 Å². The van der Waals surface area contributed by atoms with E-state index in [1.807, 2.05) is 13.8 Å². The Morgan fingerprint density at radius 3 is 2.30 bits per heavy atom. The maximum Gasteiger partial charge on any atom is 0.454 e. The first-order chi connectivity index (χ1) is 10.8. The first kappa shape index (κ1) is 17.1. The number of nitrogens with zero attached hydrogens (tertiary/aromatic N) is 2. The fraction of sp³-hybridized carbons (Fsp3) is 0.375. The molecule has 0 aliphatic heterocycles. The molecule has 0 bridgehead atoms. The number of Topliss-reactive ketones (excluding diaryl/α,β-unsaturated/α-hetero) is 1. The van der Waals surface area contributed by atoms with Crippen LogP contribution in [0.3, 0.4) is 0 Å². The van der Waals surface area contributed by atoms with E-state index < -0.39 is 17.5 Å². The van der Waals surface area contributed by atoms with Crippen LogP contribution in [0.2, 0.25) is 0 Å². The molecule has 0 spiro atoms. The summed E-state index contributed by atoms with van der Waals surface area (Å²) >= 11 is 0. The number of likely N-dealkylation sites (N-methyl/N-ethyl adjacent to an activating group) is 1. The van der Waals surface area contributed by atoms with Gasteiger partial charge in [0.2, 0.25) is 5.91 Å². The maximum atomic E-state index is 12.7. The number of ketones is 1. The van der Waals surface area contributed by atoms with Crippen molar-refractivity contribution in [2.45, 2.75) is 26.6 Å². The Hall–Kier alpha value is -2.31. The average molecular weight is 326 g/mol. The second kappa shape index (κ2) is 6.44. The van der Waals surface area contributed by atoms with Crippen LogP contribution in [0, 0.1) is 0 Å². The normalized spacial score (nSPS) is 11.7. The number of fused-ring (bicyclic) bond motifs is 1. The molecule has 23 heavy (non-hydrogen) atoms. The molecule has 0 fully saturated rings. The summed E-state index contributed by atoms with van der Waals surface area (Å²) in [5, 5.41) is 0.196. The molecule has 2 rings (SSSR count). The van der Waals surface area contributed by atoms with E-state index in [4.69, 9.17) is 0 Å². The maximum absolute atomic E-state index is 12.7. The van der Waals surface area contributed by atoms with Crippen molar-refractivity contribution in [2.24, 2.45) is 0 Å². The van der Waals surface area contributed by atoms with Gasteiger partial charge in [0.05, 0.1) is 5.56 Å². The molecule has 0 saturated carbocycles. The molecule has 7 heteroatoms. The van der Waals surface area contributed by atoms with Crippen molar-refractivity contribution in [3.63, 3.8) is 0 Å². The SMILES string of the molecule is CCN(CC)C(=O)Cn1cc(C(=O)C(F)(F)F)c2ccccc21. The number of hydrogen-bond acceptors (Lipinski definition) is 2. The molecule has 4 nitrogen and oxygen atoms in total. The molecule has 0 N–H and O–H groups in total. The summed E-state index contributed by atoms with van der Waals surface area (Å²) in [4.78, 5) is 25.4. The summed E-state index contributed by atoms with van der Waals surface area (Å²) in [7, 11) is 0. The highest BCUT2D eigenvalue weighted by Gasteiger charge is 2.40. The van der Waals surface area contributed by atoms with Gasteiger partial charge in [-0.3, -0.25) is 9.59 Å². The highest BCUT2D eigenvalue weighted by atomic mass is 19.4. The molecule has 1 heterocycles. The standard InChI is InChI=1S/C16H17F3N2O2/c1-3-20(4-2)14(22)10-21-9-12(15(23)16(17,18)19)11-7-5-6-8-13(11)21/h5-9H,3-4,10H2,1-2H3. The zero-order valence-corrected chi connectivity index (χ0v) is 12.9. The Morgan fingerprint density at radius 2 is 1.74 bits per heavy atom. The van der Waals surface area contributed by atoms with Crippen molar-refractivity contribution < 1.29 is 22.8 Å². The predicted molar refractivity (Wildman–Crippen MR) is 80.3 cm³/mol. The molecule has 124 valence electrons. The molecule has 1 aromatic heterocycles. The minimum atomic E-state index is -4.95. The number of amides is 1. The minimum Gasteiger partial charge on any atom is -0.342 e. The number of para-hydroxylation sites is 1. The highest BCUT2D eigenvalue weighted by Crippen LogP contribution is 2.28. The summed E-state index contributed by atoms with van der Waals surface area (Å²) in [5.41, 5.74) is 0.000975. The fourth-order valence-corrected chi connectivity index (χ4v) is 2.53. The lowest BCUT2D eigenvalue weighted by Crippen LogP contribution is -2.33. The lowest BCUT2D eigenvalue weighted by atomic mass is 10.1. The lowest BCUT2D eigenvalue weighted by molar-refractivity contribution is -0.131. The summed E-state index contributed by atoms with van der Waals surface area (Å²) in [6.07, 6.45) is -3.83. The van der Waals surface area contributed by atoms with Gasteiger partial charge in [0.1, 0.15) is 6.54 Å². The number of carbonyl (C=O) groups is 2. The monoisotopic (exact) mass is 326 g/mol. The summed E-state index contributed by atoms with van der Waals surface area (Å²) in [5.74, 6) is -2.11. The minimum absolute atomic E-state index is 0.104. The third-order valence-corrected chi connectivity index (χ3v) is 3.71. The van der Waals surface area contributed by atoms with Crippen LogP contribution >= 0.6 is 0 Å². The molecule has 0 atom stereocenters. The lowest BCUT2D eigenvalue weighted by Gasteiger charge is -2.19. The molecule has 0 aliphatic rings. The number of rotatable bonds is 5. The summed E-state index contributed by atoms with van der Waals surface area (Å²) in [6.45, 7) is 4.58. The Balaban J connectivity index is 2.46. The Morgan fingerprint density at radius 1 is 1.13 bits per heavy atom. The second-order valence-corrected chi connectivity index (χ2v) is 5.08. The van der Waals surface area contributed by atoms with Gasteiger partial charge in [-0.25, -0.2) is 0 Å². The van der Waals surface area contributed by atoms with E-state index in [-0.39, 0.29) is 17.8 Å². The van der Waals surface area contributed by atoms with Crippen molar-refractivity contribution in [1.82, 2.24) is 9.47 Å². The van der Waals surface area contributed by atoms with Gasteiger partial charge in [-0.1, -0.05) is 18.2 Å². The van der Waals surface area contributed by atoms with Gasteiger partial charge in [-0.2, -0.15) is 13.2 Å². The van der Waals surface area contributed by atoms with Gasteiger partial charge >= 0.3 is 6.18 Å². The Kier molecular flexibility index (Phi) is 4.77. The zero-order valence-electron chi connectivity index (χ0n) is 12.9. The van der Waals surface area contributed by atoms with Crippen LogP contribution in [-0.4, -0.2) is 40.4 Å².